The fourth-order valence-electron chi connectivity index (χ4n) is 2.47. The van der Waals surface area contributed by atoms with E-state index in [1.165, 1.54) is 11.3 Å². The summed E-state index contributed by atoms with van der Waals surface area (Å²) in [5, 5.41) is 14.2. The van der Waals surface area contributed by atoms with Crippen LogP contribution in [0.2, 0.25) is 0 Å². The average molecular weight is 341 g/mol. The highest BCUT2D eigenvalue weighted by molar-refractivity contribution is 7.98. The standard InChI is InChI=1S/C17H15N3OS2/c1-22-13-7-3-5-10-4-2-6-11(14(10)13)17(21)20-12-8-9-23-15(12)16(18)19/h2-9H,1H3,(H3,18,19)(H,20,21). The van der Waals surface area contributed by atoms with Gasteiger partial charge in [0.25, 0.3) is 5.91 Å². The normalized spacial score (nSPS) is 10.7. The molecule has 3 rings (SSSR count). The molecule has 0 unspecified atom stereocenters. The summed E-state index contributed by atoms with van der Waals surface area (Å²) >= 11 is 2.95. The van der Waals surface area contributed by atoms with Gasteiger partial charge in [0.05, 0.1) is 10.6 Å². The Bertz CT molecular complexity index is 896. The average Bonchev–Trinajstić information content (AvgIpc) is 3.02. The summed E-state index contributed by atoms with van der Waals surface area (Å²) < 4.78 is 0. The van der Waals surface area contributed by atoms with E-state index in [0.29, 0.717) is 16.1 Å². The van der Waals surface area contributed by atoms with Gasteiger partial charge >= 0.3 is 0 Å². The van der Waals surface area contributed by atoms with Crippen molar-refractivity contribution in [1.82, 2.24) is 0 Å². The van der Waals surface area contributed by atoms with Crippen LogP contribution >= 0.6 is 23.1 Å². The Morgan fingerprint density at radius 2 is 1.96 bits per heavy atom. The SMILES string of the molecule is CSc1cccc2cccc(C(=O)Nc3ccsc3C(=N)N)c12. The molecule has 1 heterocycles. The number of rotatable bonds is 4. The van der Waals surface area contributed by atoms with Gasteiger partial charge in [0.2, 0.25) is 0 Å². The largest absolute Gasteiger partial charge is 0.383 e. The fourth-order valence-corrected chi connectivity index (χ4v) is 3.83. The van der Waals surface area contributed by atoms with Crippen LogP contribution in [0.3, 0.4) is 0 Å². The molecule has 116 valence electrons. The van der Waals surface area contributed by atoms with Crippen molar-refractivity contribution in [2.75, 3.05) is 11.6 Å². The van der Waals surface area contributed by atoms with E-state index in [9.17, 15) is 4.79 Å². The third kappa shape index (κ3) is 2.95. The molecule has 0 fully saturated rings. The highest BCUT2D eigenvalue weighted by atomic mass is 32.2. The minimum atomic E-state index is -0.196. The van der Waals surface area contributed by atoms with Crippen molar-refractivity contribution in [2.45, 2.75) is 4.90 Å². The Morgan fingerprint density at radius 1 is 1.22 bits per heavy atom. The van der Waals surface area contributed by atoms with Crippen molar-refractivity contribution in [3.05, 3.63) is 58.3 Å². The molecule has 0 aliphatic rings. The molecular formula is C17H15N3OS2. The summed E-state index contributed by atoms with van der Waals surface area (Å²) in [6, 6.07) is 13.4. The number of thioether (sulfide) groups is 1. The first kappa shape index (κ1) is 15.6. The summed E-state index contributed by atoms with van der Waals surface area (Å²) in [6.45, 7) is 0. The molecule has 4 N–H and O–H groups in total. The fraction of sp³-hybridized carbons (Fsp3) is 0.0588. The lowest BCUT2D eigenvalue weighted by atomic mass is 10.0. The van der Waals surface area contributed by atoms with E-state index >= 15 is 0 Å². The minimum absolute atomic E-state index is 0.0435. The smallest absolute Gasteiger partial charge is 0.256 e. The van der Waals surface area contributed by atoms with Crippen LogP contribution in [0, 0.1) is 5.41 Å². The zero-order valence-corrected chi connectivity index (χ0v) is 14.1. The molecule has 3 aromatic rings. The van der Waals surface area contributed by atoms with Crippen molar-refractivity contribution in [1.29, 1.82) is 5.41 Å². The number of amidine groups is 1. The second-order valence-corrected chi connectivity index (χ2v) is 6.66. The molecule has 0 aliphatic heterocycles. The monoisotopic (exact) mass is 341 g/mol. The Labute approximate surface area is 142 Å². The third-order valence-electron chi connectivity index (χ3n) is 3.49. The molecule has 1 amide bonds. The Morgan fingerprint density at radius 3 is 2.65 bits per heavy atom. The molecular weight excluding hydrogens is 326 g/mol. The third-order valence-corrected chi connectivity index (χ3v) is 5.22. The van der Waals surface area contributed by atoms with Crippen molar-refractivity contribution in [3.63, 3.8) is 0 Å². The van der Waals surface area contributed by atoms with Gasteiger partial charge in [0.15, 0.2) is 0 Å². The van der Waals surface area contributed by atoms with Gasteiger partial charge in [-0.3, -0.25) is 10.2 Å². The first-order chi connectivity index (χ1) is 11.1. The maximum atomic E-state index is 12.7. The first-order valence-corrected chi connectivity index (χ1v) is 9.01. The quantitative estimate of drug-likeness (QED) is 0.379. The maximum absolute atomic E-state index is 12.7. The van der Waals surface area contributed by atoms with E-state index in [-0.39, 0.29) is 11.7 Å². The van der Waals surface area contributed by atoms with Gasteiger partial charge in [-0.05, 0) is 35.2 Å². The van der Waals surface area contributed by atoms with Crippen molar-refractivity contribution >= 4 is 51.3 Å². The first-order valence-electron chi connectivity index (χ1n) is 6.91. The molecule has 0 aliphatic carbocycles. The highest BCUT2D eigenvalue weighted by Gasteiger charge is 2.15. The zero-order chi connectivity index (χ0) is 16.4. The van der Waals surface area contributed by atoms with E-state index in [2.05, 4.69) is 5.32 Å². The molecule has 0 saturated carbocycles. The minimum Gasteiger partial charge on any atom is -0.383 e. The van der Waals surface area contributed by atoms with E-state index in [4.69, 9.17) is 11.1 Å². The van der Waals surface area contributed by atoms with Gasteiger partial charge in [-0.1, -0.05) is 24.3 Å². The topological polar surface area (TPSA) is 79.0 Å². The summed E-state index contributed by atoms with van der Waals surface area (Å²) in [4.78, 5) is 14.4. The predicted molar refractivity (Wildman–Crippen MR) is 99.0 cm³/mol. The number of carbonyl (C=O) groups excluding carboxylic acids is 1. The number of thiophene rings is 1. The highest BCUT2D eigenvalue weighted by Crippen LogP contribution is 2.30. The number of hydrogen-bond acceptors (Lipinski definition) is 4. The summed E-state index contributed by atoms with van der Waals surface area (Å²) in [5.41, 5.74) is 6.74. The second kappa shape index (κ2) is 6.44. The molecule has 0 spiro atoms. The Kier molecular flexibility index (Phi) is 4.36. The second-order valence-electron chi connectivity index (χ2n) is 4.90. The van der Waals surface area contributed by atoms with E-state index < -0.39 is 0 Å². The summed E-state index contributed by atoms with van der Waals surface area (Å²) in [6.07, 6.45) is 2.00. The van der Waals surface area contributed by atoms with Gasteiger partial charge in [-0.2, -0.15) is 0 Å². The summed E-state index contributed by atoms with van der Waals surface area (Å²) in [5.74, 6) is -0.240. The molecule has 6 heteroatoms. The Hall–Kier alpha value is -2.31. The molecule has 0 bridgehead atoms. The van der Waals surface area contributed by atoms with E-state index in [0.717, 1.165) is 15.7 Å². The van der Waals surface area contributed by atoms with Crippen LogP contribution in [0.1, 0.15) is 15.2 Å². The van der Waals surface area contributed by atoms with Crippen LogP contribution in [0.4, 0.5) is 5.69 Å². The van der Waals surface area contributed by atoms with Crippen molar-refractivity contribution in [2.24, 2.45) is 5.73 Å². The van der Waals surface area contributed by atoms with Crippen molar-refractivity contribution in [3.8, 4) is 0 Å². The van der Waals surface area contributed by atoms with Crippen LogP contribution in [0.5, 0.6) is 0 Å². The zero-order valence-electron chi connectivity index (χ0n) is 12.4. The van der Waals surface area contributed by atoms with Gasteiger partial charge in [-0.15, -0.1) is 23.1 Å². The number of fused-ring (bicyclic) bond motifs is 1. The van der Waals surface area contributed by atoms with Crippen LogP contribution < -0.4 is 11.1 Å². The predicted octanol–water partition coefficient (Wildman–Crippen LogP) is 4.16. The molecule has 0 radical (unpaired) electrons. The maximum Gasteiger partial charge on any atom is 0.256 e. The number of nitrogens with two attached hydrogens (primary N) is 1. The Balaban J connectivity index is 2.05. The number of nitrogens with one attached hydrogen (secondary N) is 2. The number of benzene rings is 2. The molecule has 4 nitrogen and oxygen atoms in total. The van der Waals surface area contributed by atoms with E-state index in [1.807, 2.05) is 48.0 Å². The lowest BCUT2D eigenvalue weighted by Crippen LogP contribution is -2.16. The van der Waals surface area contributed by atoms with E-state index in [1.54, 1.807) is 17.8 Å². The van der Waals surface area contributed by atoms with Crippen LogP contribution in [0.15, 0.2) is 52.7 Å². The van der Waals surface area contributed by atoms with Crippen LogP contribution in [0.25, 0.3) is 10.8 Å². The summed E-state index contributed by atoms with van der Waals surface area (Å²) in [7, 11) is 0. The lowest BCUT2D eigenvalue weighted by molar-refractivity contribution is 0.102. The molecule has 0 atom stereocenters. The van der Waals surface area contributed by atoms with Gasteiger partial charge in [0, 0.05) is 15.8 Å². The number of nitrogen functional groups attached to an aromatic ring is 1. The number of anilines is 1. The lowest BCUT2D eigenvalue weighted by Gasteiger charge is -2.11. The van der Waals surface area contributed by atoms with Gasteiger partial charge in [0.1, 0.15) is 5.84 Å². The molecule has 0 saturated heterocycles. The number of amides is 1. The number of hydrogen-bond donors (Lipinski definition) is 3. The van der Waals surface area contributed by atoms with Crippen LogP contribution in [-0.2, 0) is 0 Å². The van der Waals surface area contributed by atoms with Crippen molar-refractivity contribution < 1.29 is 4.79 Å². The number of carbonyl (C=O) groups is 1. The van der Waals surface area contributed by atoms with Gasteiger partial charge < -0.3 is 11.1 Å². The van der Waals surface area contributed by atoms with Crippen LogP contribution in [-0.4, -0.2) is 18.0 Å². The molecule has 2 aromatic carbocycles. The molecule has 23 heavy (non-hydrogen) atoms. The van der Waals surface area contributed by atoms with Gasteiger partial charge in [-0.25, -0.2) is 0 Å². The molecule has 1 aromatic heterocycles.